The van der Waals surface area contributed by atoms with E-state index < -0.39 is 0 Å². The SMILES string of the molecule is CNC(CC(C)(C)C)c1ccc(F)cc1. The van der Waals surface area contributed by atoms with Gasteiger partial charge in [-0.3, -0.25) is 0 Å². The first-order valence-electron chi connectivity index (χ1n) is 5.35. The van der Waals surface area contributed by atoms with E-state index in [1.165, 1.54) is 12.1 Å². The fourth-order valence-corrected chi connectivity index (χ4v) is 1.69. The van der Waals surface area contributed by atoms with Crippen molar-refractivity contribution in [1.29, 1.82) is 0 Å². The van der Waals surface area contributed by atoms with E-state index in [4.69, 9.17) is 0 Å². The van der Waals surface area contributed by atoms with Gasteiger partial charge in [0.1, 0.15) is 5.82 Å². The Morgan fingerprint density at radius 3 is 2.13 bits per heavy atom. The van der Waals surface area contributed by atoms with Gasteiger partial charge >= 0.3 is 0 Å². The Balaban J connectivity index is 2.79. The van der Waals surface area contributed by atoms with E-state index >= 15 is 0 Å². The molecule has 0 aliphatic carbocycles. The van der Waals surface area contributed by atoms with Crippen molar-refractivity contribution in [2.45, 2.75) is 33.2 Å². The first-order valence-corrected chi connectivity index (χ1v) is 5.35. The van der Waals surface area contributed by atoms with E-state index in [1.807, 2.05) is 19.2 Å². The second-order valence-electron chi connectivity index (χ2n) is 5.16. The zero-order valence-corrected chi connectivity index (χ0v) is 9.97. The summed E-state index contributed by atoms with van der Waals surface area (Å²) in [7, 11) is 1.94. The zero-order valence-electron chi connectivity index (χ0n) is 9.97. The largest absolute Gasteiger partial charge is 0.313 e. The maximum absolute atomic E-state index is 12.8. The number of rotatable bonds is 3. The van der Waals surface area contributed by atoms with Gasteiger partial charge in [-0.1, -0.05) is 32.9 Å². The van der Waals surface area contributed by atoms with Crippen molar-refractivity contribution >= 4 is 0 Å². The molecule has 0 heterocycles. The lowest BCUT2D eigenvalue weighted by molar-refractivity contribution is 0.320. The van der Waals surface area contributed by atoms with Crippen LogP contribution in [-0.4, -0.2) is 7.05 Å². The van der Waals surface area contributed by atoms with Gasteiger partial charge in [-0.15, -0.1) is 0 Å². The zero-order chi connectivity index (χ0) is 11.5. The van der Waals surface area contributed by atoms with Crippen LogP contribution in [0.3, 0.4) is 0 Å². The quantitative estimate of drug-likeness (QED) is 0.803. The summed E-state index contributed by atoms with van der Waals surface area (Å²) in [4.78, 5) is 0. The fraction of sp³-hybridized carbons (Fsp3) is 0.538. The topological polar surface area (TPSA) is 12.0 Å². The Labute approximate surface area is 91.7 Å². The van der Waals surface area contributed by atoms with Crippen LogP contribution in [0.5, 0.6) is 0 Å². The Kier molecular flexibility index (Phi) is 3.86. The number of hydrogen-bond donors (Lipinski definition) is 1. The van der Waals surface area contributed by atoms with E-state index in [9.17, 15) is 4.39 Å². The molecule has 1 nitrogen and oxygen atoms in total. The van der Waals surface area contributed by atoms with Gasteiger partial charge in [0, 0.05) is 6.04 Å². The Morgan fingerprint density at radius 1 is 1.20 bits per heavy atom. The van der Waals surface area contributed by atoms with Gasteiger partial charge < -0.3 is 5.32 Å². The van der Waals surface area contributed by atoms with Gasteiger partial charge in [0.25, 0.3) is 0 Å². The molecule has 0 fully saturated rings. The molecule has 0 radical (unpaired) electrons. The number of halogens is 1. The highest BCUT2D eigenvalue weighted by Gasteiger charge is 2.18. The average molecular weight is 209 g/mol. The van der Waals surface area contributed by atoms with Crippen LogP contribution in [0.25, 0.3) is 0 Å². The number of benzene rings is 1. The van der Waals surface area contributed by atoms with Crippen molar-refractivity contribution in [3.8, 4) is 0 Å². The lowest BCUT2D eigenvalue weighted by Crippen LogP contribution is -2.22. The smallest absolute Gasteiger partial charge is 0.123 e. The van der Waals surface area contributed by atoms with Gasteiger partial charge in [0.05, 0.1) is 0 Å². The van der Waals surface area contributed by atoms with E-state index in [-0.39, 0.29) is 11.2 Å². The predicted molar refractivity (Wildman–Crippen MR) is 62.3 cm³/mol. The molecule has 1 aromatic carbocycles. The van der Waals surface area contributed by atoms with Gasteiger partial charge in [0.2, 0.25) is 0 Å². The second kappa shape index (κ2) is 4.75. The van der Waals surface area contributed by atoms with Crippen LogP contribution in [0.4, 0.5) is 4.39 Å². The molecule has 0 saturated heterocycles. The van der Waals surface area contributed by atoms with E-state index in [0.29, 0.717) is 6.04 Å². The molecule has 2 heteroatoms. The highest BCUT2D eigenvalue weighted by molar-refractivity contribution is 5.20. The van der Waals surface area contributed by atoms with Crippen molar-refractivity contribution in [1.82, 2.24) is 5.32 Å². The molecule has 0 saturated carbocycles. The third kappa shape index (κ3) is 4.00. The third-order valence-electron chi connectivity index (χ3n) is 2.44. The van der Waals surface area contributed by atoms with Crippen LogP contribution in [0, 0.1) is 11.2 Å². The van der Waals surface area contributed by atoms with Crippen LogP contribution in [-0.2, 0) is 0 Å². The molecule has 0 aliphatic rings. The van der Waals surface area contributed by atoms with Gasteiger partial charge in [-0.05, 0) is 36.6 Å². The third-order valence-corrected chi connectivity index (χ3v) is 2.44. The summed E-state index contributed by atoms with van der Waals surface area (Å²) in [5, 5.41) is 3.27. The molecule has 15 heavy (non-hydrogen) atoms. The van der Waals surface area contributed by atoms with E-state index in [1.54, 1.807) is 0 Å². The average Bonchev–Trinajstić information content (AvgIpc) is 2.14. The molecule has 1 unspecified atom stereocenters. The van der Waals surface area contributed by atoms with E-state index in [2.05, 4.69) is 26.1 Å². The molecule has 84 valence electrons. The first-order chi connectivity index (χ1) is 6.92. The number of nitrogens with one attached hydrogen (secondary N) is 1. The van der Waals surface area contributed by atoms with Gasteiger partial charge in [-0.25, -0.2) is 4.39 Å². The molecule has 1 rings (SSSR count). The van der Waals surface area contributed by atoms with Gasteiger partial charge in [-0.2, -0.15) is 0 Å². The fourth-order valence-electron chi connectivity index (χ4n) is 1.69. The lowest BCUT2D eigenvalue weighted by atomic mass is 9.85. The van der Waals surface area contributed by atoms with Crippen LogP contribution in [0.15, 0.2) is 24.3 Å². The molecule has 0 bridgehead atoms. The minimum Gasteiger partial charge on any atom is -0.313 e. The summed E-state index contributed by atoms with van der Waals surface area (Å²) in [5.74, 6) is -0.177. The molecular formula is C13H20FN. The molecule has 0 aromatic heterocycles. The monoisotopic (exact) mass is 209 g/mol. The normalized spacial score (nSPS) is 13.9. The Hall–Kier alpha value is -0.890. The molecule has 0 spiro atoms. The summed E-state index contributed by atoms with van der Waals surface area (Å²) in [6.45, 7) is 6.63. The van der Waals surface area contributed by atoms with Crippen molar-refractivity contribution in [2.75, 3.05) is 7.05 Å². The predicted octanol–water partition coefficient (Wildman–Crippen LogP) is 3.52. The highest BCUT2D eigenvalue weighted by Crippen LogP contribution is 2.29. The molecule has 1 N–H and O–H groups in total. The van der Waals surface area contributed by atoms with Crippen molar-refractivity contribution in [3.63, 3.8) is 0 Å². The first kappa shape index (κ1) is 12.2. The van der Waals surface area contributed by atoms with Crippen LogP contribution < -0.4 is 5.32 Å². The second-order valence-corrected chi connectivity index (χ2v) is 5.16. The van der Waals surface area contributed by atoms with Crippen LogP contribution >= 0.6 is 0 Å². The molecule has 1 atom stereocenters. The summed E-state index contributed by atoms with van der Waals surface area (Å²) < 4.78 is 12.8. The molecule has 0 aliphatic heterocycles. The minimum atomic E-state index is -0.177. The maximum atomic E-state index is 12.8. The van der Waals surface area contributed by atoms with Crippen molar-refractivity contribution < 1.29 is 4.39 Å². The maximum Gasteiger partial charge on any atom is 0.123 e. The van der Waals surface area contributed by atoms with E-state index in [0.717, 1.165) is 12.0 Å². The molecule has 1 aromatic rings. The van der Waals surface area contributed by atoms with Crippen LogP contribution in [0.2, 0.25) is 0 Å². The highest BCUT2D eigenvalue weighted by atomic mass is 19.1. The number of hydrogen-bond acceptors (Lipinski definition) is 1. The van der Waals surface area contributed by atoms with Crippen LogP contribution in [0.1, 0.15) is 38.8 Å². The lowest BCUT2D eigenvalue weighted by Gasteiger charge is -2.26. The van der Waals surface area contributed by atoms with Crippen molar-refractivity contribution in [2.24, 2.45) is 5.41 Å². The van der Waals surface area contributed by atoms with Crippen molar-refractivity contribution in [3.05, 3.63) is 35.6 Å². The Morgan fingerprint density at radius 2 is 1.73 bits per heavy atom. The molecule has 0 amide bonds. The minimum absolute atomic E-state index is 0.177. The molecular weight excluding hydrogens is 189 g/mol. The summed E-state index contributed by atoms with van der Waals surface area (Å²) in [6, 6.07) is 7.03. The van der Waals surface area contributed by atoms with Gasteiger partial charge in [0.15, 0.2) is 0 Å². The summed E-state index contributed by atoms with van der Waals surface area (Å²) in [5.41, 5.74) is 1.41. The Bertz CT molecular complexity index is 297. The summed E-state index contributed by atoms with van der Waals surface area (Å²) in [6.07, 6.45) is 1.04. The summed E-state index contributed by atoms with van der Waals surface area (Å²) >= 11 is 0. The standard InChI is InChI=1S/C13H20FN/c1-13(2,3)9-12(15-4)10-5-7-11(14)8-6-10/h5-8,12,15H,9H2,1-4H3.